The normalized spacial score (nSPS) is 17.1. The van der Waals surface area contributed by atoms with Gasteiger partial charge in [0.2, 0.25) is 0 Å². The first-order valence-corrected chi connectivity index (χ1v) is 6.68. The minimum absolute atomic E-state index is 0.117. The van der Waals surface area contributed by atoms with Gasteiger partial charge in [0.05, 0.1) is 6.04 Å². The molecule has 1 heterocycles. The lowest BCUT2D eigenvalue weighted by molar-refractivity contribution is -0.140. The Balaban J connectivity index is 2.07. The number of rotatable bonds is 5. The van der Waals surface area contributed by atoms with E-state index in [1.54, 1.807) is 24.3 Å². The Bertz CT molecular complexity index is 500. The number of carboxylic acid groups (broad SMARTS) is 1. The van der Waals surface area contributed by atoms with Crippen molar-refractivity contribution in [2.24, 2.45) is 0 Å². The standard InChI is InChI=1S/C14H19N3O3/c1-3-11(10-5-4-8-15-9-10)17(2)13(20)16-14(6-7-14)12(18)19/h4-5,8-9,11H,3,6-7H2,1-2H3,(H,16,20)(H,18,19)/t11-/m0/s1. The summed E-state index contributed by atoms with van der Waals surface area (Å²) in [6.45, 7) is 1.98. The van der Waals surface area contributed by atoms with Crippen LogP contribution in [-0.2, 0) is 4.79 Å². The summed E-state index contributed by atoms with van der Waals surface area (Å²) in [4.78, 5) is 28.9. The number of aliphatic carboxylic acids is 1. The van der Waals surface area contributed by atoms with Crippen LogP contribution in [0.2, 0.25) is 0 Å². The van der Waals surface area contributed by atoms with Gasteiger partial charge in [0, 0.05) is 19.4 Å². The van der Waals surface area contributed by atoms with Gasteiger partial charge in [-0.2, -0.15) is 0 Å². The highest BCUT2D eigenvalue weighted by Crippen LogP contribution is 2.36. The zero-order valence-electron chi connectivity index (χ0n) is 11.7. The summed E-state index contributed by atoms with van der Waals surface area (Å²) in [7, 11) is 1.68. The van der Waals surface area contributed by atoms with Crippen molar-refractivity contribution in [1.82, 2.24) is 15.2 Å². The second-order valence-electron chi connectivity index (χ2n) is 5.14. The lowest BCUT2D eigenvalue weighted by Crippen LogP contribution is -2.49. The largest absolute Gasteiger partial charge is 0.480 e. The number of amides is 2. The predicted molar refractivity (Wildman–Crippen MR) is 73.2 cm³/mol. The smallest absolute Gasteiger partial charge is 0.329 e. The molecule has 0 bridgehead atoms. The molecule has 1 fully saturated rings. The lowest BCUT2D eigenvalue weighted by Gasteiger charge is -2.29. The van der Waals surface area contributed by atoms with Crippen molar-refractivity contribution in [2.45, 2.75) is 37.8 Å². The molecule has 6 heteroatoms. The molecule has 1 aromatic rings. The first kappa shape index (κ1) is 14.3. The van der Waals surface area contributed by atoms with Crippen LogP contribution >= 0.6 is 0 Å². The van der Waals surface area contributed by atoms with E-state index in [0.717, 1.165) is 12.0 Å². The molecule has 0 radical (unpaired) electrons. The van der Waals surface area contributed by atoms with E-state index >= 15 is 0 Å². The Kier molecular flexibility index (Phi) is 3.92. The predicted octanol–water partition coefficient (Wildman–Crippen LogP) is 1.79. The van der Waals surface area contributed by atoms with Crippen LogP contribution in [0.15, 0.2) is 24.5 Å². The van der Waals surface area contributed by atoms with Crippen molar-refractivity contribution in [2.75, 3.05) is 7.05 Å². The molecule has 1 atom stereocenters. The second-order valence-corrected chi connectivity index (χ2v) is 5.14. The van der Waals surface area contributed by atoms with Crippen molar-refractivity contribution < 1.29 is 14.7 Å². The Morgan fingerprint density at radius 2 is 2.25 bits per heavy atom. The lowest BCUT2D eigenvalue weighted by atomic mass is 10.1. The molecule has 0 spiro atoms. The summed E-state index contributed by atoms with van der Waals surface area (Å²) >= 11 is 0. The van der Waals surface area contributed by atoms with E-state index in [1.807, 2.05) is 19.1 Å². The van der Waals surface area contributed by atoms with Crippen molar-refractivity contribution in [3.8, 4) is 0 Å². The number of carbonyl (C=O) groups is 2. The Morgan fingerprint density at radius 1 is 1.55 bits per heavy atom. The maximum absolute atomic E-state index is 12.2. The van der Waals surface area contributed by atoms with Crippen LogP contribution in [0.3, 0.4) is 0 Å². The van der Waals surface area contributed by atoms with Crippen molar-refractivity contribution in [3.63, 3.8) is 0 Å². The first-order valence-electron chi connectivity index (χ1n) is 6.68. The number of hydrogen-bond acceptors (Lipinski definition) is 3. The van der Waals surface area contributed by atoms with Crippen molar-refractivity contribution in [1.29, 1.82) is 0 Å². The quantitative estimate of drug-likeness (QED) is 0.859. The summed E-state index contributed by atoms with van der Waals surface area (Å²) in [5.41, 5.74) is -0.119. The van der Waals surface area contributed by atoms with Crippen LogP contribution in [0, 0.1) is 0 Å². The second kappa shape index (κ2) is 5.48. The molecule has 1 aliphatic carbocycles. The number of carboxylic acids is 1. The van der Waals surface area contributed by atoms with Gasteiger partial charge in [-0.1, -0.05) is 13.0 Å². The number of pyridine rings is 1. The monoisotopic (exact) mass is 277 g/mol. The maximum Gasteiger partial charge on any atom is 0.329 e. The number of hydrogen-bond donors (Lipinski definition) is 2. The number of urea groups is 1. The molecular formula is C14H19N3O3. The summed E-state index contributed by atoms with van der Waals surface area (Å²) in [5.74, 6) is -0.964. The molecule has 6 nitrogen and oxygen atoms in total. The van der Waals surface area contributed by atoms with Gasteiger partial charge in [-0.15, -0.1) is 0 Å². The van der Waals surface area contributed by atoms with Gasteiger partial charge in [0.25, 0.3) is 0 Å². The Labute approximate surface area is 117 Å². The molecule has 0 aliphatic heterocycles. The molecule has 0 saturated heterocycles. The van der Waals surface area contributed by atoms with E-state index in [-0.39, 0.29) is 12.1 Å². The molecule has 20 heavy (non-hydrogen) atoms. The number of aromatic nitrogens is 1. The van der Waals surface area contributed by atoms with Gasteiger partial charge in [-0.3, -0.25) is 4.98 Å². The van der Waals surface area contributed by atoms with Gasteiger partial charge in [0.1, 0.15) is 5.54 Å². The molecule has 2 amide bonds. The average molecular weight is 277 g/mol. The van der Waals surface area contributed by atoms with E-state index in [1.165, 1.54) is 0 Å². The van der Waals surface area contributed by atoms with Crippen LogP contribution < -0.4 is 5.32 Å². The molecule has 1 aromatic heterocycles. The fourth-order valence-electron chi connectivity index (χ4n) is 2.26. The Morgan fingerprint density at radius 3 is 2.70 bits per heavy atom. The Hall–Kier alpha value is -2.11. The van der Waals surface area contributed by atoms with Gasteiger partial charge in [-0.25, -0.2) is 9.59 Å². The molecule has 1 saturated carbocycles. The highest BCUT2D eigenvalue weighted by molar-refractivity contribution is 5.89. The number of carbonyl (C=O) groups excluding carboxylic acids is 1. The third kappa shape index (κ3) is 2.74. The van der Waals surface area contributed by atoms with Gasteiger partial charge >= 0.3 is 12.0 Å². The summed E-state index contributed by atoms with van der Waals surface area (Å²) in [6.07, 6.45) is 5.12. The van der Waals surface area contributed by atoms with E-state index in [2.05, 4.69) is 10.3 Å². The zero-order valence-corrected chi connectivity index (χ0v) is 11.7. The van der Waals surface area contributed by atoms with Gasteiger partial charge in [-0.05, 0) is 30.9 Å². The zero-order chi connectivity index (χ0) is 14.8. The fraction of sp³-hybridized carbons (Fsp3) is 0.500. The fourth-order valence-corrected chi connectivity index (χ4v) is 2.26. The summed E-state index contributed by atoms with van der Waals surface area (Å²) in [5, 5.41) is 11.7. The van der Waals surface area contributed by atoms with Crippen molar-refractivity contribution >= 4 is 12.0 Å². The third-order valence-corrected chi connectivity index (χ3v) is 3.75. The van der Waals surface area contributed by atoms with Crippen LogP contribution in [0.1, 0.15) is 37.8 Å². The van der Waals surface area contributed by atoms with E-state index in [0.29, 0.717) is 12.8 Å². The molecule has 0 aromatic carbocycles. The number of nitrogens with one attached hydrogen (secondary N) is 1. The third-order valence-electron chi connectivity index (χ3n) is 3.75. The number of nitrogens with zero attached hydrogens (tertiary/aromatic N) is 2. The molecule has 1 aliphatic rings. The minimum atomic E-state index is -1.06. The van der Waals surface area contributed by atoms with E-state index in [4.69, 9.17) is 5.11 Å². The molecule has 108 valence electrons. The average Bonchev–Trinajstić information content (AvgIpc) is 3.21. The van der Waals surface area contributed by atoms with Crippen molar-refractivity contribution in [3.05, 3.63) is 30.1 Å². The van der Waals surface area contributed by atoms with E-state index in [9.17, 15) is 9.59 Å². The SMILES string of the molecule is CC[C@@H](c1cccnc1)N(C)C(=O)NC1(C(=O)O)CC1. The molecule has 2 rings (SSSR count). The molecule has 0 unspecified atom stereocenters. The van der Waals surface area contributed by atoms with Gasteiger partial charge in [0.15, 0.2) is 0 Å². The topological polar surface area (TPSA) is 82.5 Å². The summed E-state index contributed by atoms with van der Waals surface area (Å²) < 4.78 is 0. The highest BCUT2D eigenvalue weighted by atomic mass is 16.4. The molecular weight excluding hydrogens is 258 g/mol. The van der Waals surface area contributed by atoms with Crippen LogP contribution in [0.4, 0.5) is 4.79 Å². The van der Waals surface area contributed by atoms with Crippen LogP contribution in [0.25, 0.3) is 0 Å². The highest BCUT2D eigenvalue weighted by Gasteiger charge is 2.52. The van der Waals surface area contributed by atoms with Crippen LogP contribution in [0.5, 0.6) is 0 Å². The maximum atomic E-state index is 12.2. The summed E-state index contributed by atoms with van der Waals surface area (Å²) in [6, 6.07) is 3.26. The van der Waals surface area contributed by atoms with E-state index < -0.39 is 11.5 Å². The minimum Gasteiger partial charge on any atom is -0.480 e. The van der Waals surface area contributed by atoms with Crippen LogP contribution in [-0.4, -0.2) is 39.6 Å². The van der Waals surface area contributed by atoms with Gasteiger partial charge < -0.3 is 15.3 Å². The molecule has 2 N–H and O–H groups in total. The first-order chi connectivity index (χ1) is 9.50.